The van der Waals surface area contributed by atoms with Crippen molar-refractivity contribution < 1.29 is 13.6 Å². The average Bonchev–Trinajstić information content (AvgIpc) is 2.81. The molecule has 0 saturated heterocycles. The number of benzene rings is 2. The van der Waals surface area contributed by atoms with Gasteiger partial charge in [0.15, 0.2) is 11.3 Å². The number of halogens is 2. The molecule has 3 aromatic rings. The summed E-state index contributed by atoms with van der Waals surface area (Å²) in [6.07, 6.45) is 0. The van der Waals surface area contributed by atoms with Gasteiger partial charge in [-0.25, -0.2) is 4.39 Å². The Morgan fingerprint density at radius 3 is 2.67 bits per heavy atom. The van der Waals surface area contributed by atoms with Crippen molar-refractivity contribution in [3.05, 3.63) is 64.6 Å². The first kappa shape index (κ1) is 13.6. The van der Waals surface area contributed by atoms with Gasteiger partial charge in [-0.05, 0) is 25.1 Å². The lowest BCUT2D eigenvalue weighted by Gasteiger charge is -2.04. The molecule has 1 aromatic heterocycles. The number of nitrogens with one attached hydrogen (secondary N) is 1. The Labute approximate surface area is 125 Å². The third kappa shape index (κ3) is 2.38. The summed E-state index contributed by atoms with van der Waals surface area (Å²) >= 11 is 6.05. The van der Waals surface area contributed by atoms with Crippen molar-refractivity contribution in [2.75, 3.05) is 5.32 Å². The zero-order valence-electron chi connectivity index (χ0n) is 11.1. The quantitative estimate of drug-likeness (QED) is 0.740. The van der Waals surface area contributed by atoms with E-state index in [9.17, 15) is 9.18 Å². The summed E-state index contributed by atoms with van der Waals surface area (Å²) in [5.41, 5.74) is 1.23. The van der Waals surface area contributed by atoms with Crippen molar-refractivity contribution in [1.82, 2.24) is 0 Å². The Balaban J connectivity index is 2.01. The summed E-state index contributed by atoms with van der Waals surface area (Å²) in [6, 6.07) is 11.2. The number of carbonyl (C=O) groups excluding carboxylic acids is 1. The van der Waals surface area contributed by atoms with E-state index in [1.165, 1.54) is 12.1 Å². The van der Waals surface area contributed by atoms with Gasteiger partial charge in [-0.3, -0.25) is 4.79 Å². The minimum absolute atomic E-state index is 0.105. The summed E-state index contributed by atoms with van der Waals surface area (Å²) in [5.74, 6) is -0.885. The smallest absolute Gasteiger partial charge is 0.291 e. The number of aryl methyl sites for hydroxylation is 1. The highest BCUT2D eigenvalue weighted by molar-refractivity contribution is 6.35. The van der Waals surface area contributed by atoms with Crippen LogP contribution in [0.2, 0.25) is 5.02 Å². The number of amides is 1. The Morgan fingerprint density at radius 1 is 1.19 bits per heavy atom. The fraction of sp³-hybridized carbons (Fsp3) is 0.0625. The van der Waals surface area contributed by atoms with E-state index in [0.717, 1.165) is 5.39 Å². The molecule has 21 heavy (non-hydrogen) atoms. The number of rotatable bonds is 2. The van der Waals surface area contributed by atoms with E-state index >= 15 is 0 Å². The second-order valence-corrected chi connectivity index (χ2v) is 5.01. The first-order valence-electron chi connectivity index (χ1n) is 6.31. The number of anilines is 1. The second-order valence-electron chi connectivity index (χ2n) is 4.61. The van der Waals surface area contributed by atoms with Gasteiger partial charge in [0, 0.05) is 10.9 Å². The molecule has 0 spiro atoms. The van der Waals surface area contributed by atoms with Gasteiger partial charge in [-0.2, -0.15) is 0 Å². The van der Waals surface area contributed by atoms with Gasteiger partial charge in [0.2, 0.25) is 0 Å². The number of hydrogen-bond acceptors (Lipinski definition) is 2. The Bertz CT molecular complexity index is 841. The molecule has 0 aliphatic heterocycles. The molecule has 1 heterocycles. The topological polar surface area (TPSA) is 42.2 Å². The van der Waals surface area contributed by atoms with E-state index in [2.05, 4.69) is 5.32 Å². The van der Waals surface area contributed by atoms with Crippen LogP contribution in [-0.2, 0) is 0 Å². The SMILES string of the molecule is Cc1c(C(=O)Nc2ccccc2F)oc2c(Cl)cccc12. The molecular formula is C16H11ClFNO2. The van der Waals surface area contributed by atoms with Gasteiger partial charge >= 0.3 is 0 Å². The molecule has 2 aromatic carbocycles. The summed E-state index contributed by atoms with van der Waals surface area (Å²) < 4.78 is 19.1. The summed E-state index contributed by atoms with van der Waals surface area (Å²) in [4.78, 5) is 12.3. The molecule has 0 aliphatic rings. The molecule has 1 amide bonds. The third-order valence-electron chi connectivity index (χ3n) is 3.24. The van der Waals surface area contributed by atoms with Crippen LogP contribution in [0.1, 0.15) is 16.1 Å². The van der Waals surface area contributed by atoms with Crippen LogP contribution >= 0.6 is 11.6 Å². The molecule has 0 bridgehead atoms. The highest BCUT2D eigenvalue weighted by Gasteiger charge is 2.19. The van der Waals surface area contributed by atoms with E-state index in [0.29, 0.717) is 16.2 Å². The van der Waals surface area contributed by atoms with Crippen LogP contribution in [0, 0.1) is 12.7 Å². The molecule has 1 N–H and O–H groups in total. The molecule has 0 atom stereocenters. The number of hydrogen-bond donors (Lipinski definition) is 1. The number of para-hydroxylation sites is 2. The van der Waals surface area contributed by atoms with Gasteiger partial charge in [0.25, 0.3) is 5.91 Å². The largest absolute Gasteiger partial charge is 0.449 e. The van der Waals surface area contributed by atoms with E-state index in [-0.39, 0.29) is 11.4 Å². The standard InChI is InChI=1S/C16H11ClFNO2/c1-9-10-5-4-6-11(17)15(10)21-14(9)16(20)19-13-8-3-2-7-12(13)18/h2-8H,1H3,(H,19,20). The summed E-state index contributed by atoms with van der Waals surface area (Å²) in [7, 11) is 0. The Morgan fingerprint density at radius 2 is 1.95 bits per heavy atom. The first-order valence-corrected chi connectivity index (χ1v) is 6.69. The van der Waals surface area contributed by atoms with E-state index in [1.807, 2.05) is 6.07 Å². The zero-order chi connectivity index (χ0) is 15.0. The minimum atomic E-state index is -0.509. The lowest BCUT2D eigenvalue weighted by molar-refractivity contribution is 0.0997. The van der Waals surface area contributed by atoms with Crippen LogP contribution in [0.4, 0.5) is 10.1 Å². The fourth-order valence-electron chi connectivity index (χ4n) is 2.17. The monoisotopic (exact) mass is 303 g/mol. The van der Waals surface area contributed by atoms with Crippen molar-refractivity contribution in [2.45, 2.75) is 6.92 Å². The van der Waals surface area contributed by atoms with Crippen molar-refractivity contribution in [3.63, 3.8) is 0 Å². The molecular weight excluding hydrogens is 293 g/mol. The van der Waals surface area contributed by atoms with Crippen molar-refractivity contribution >= 4 is 34.2 Å². The average molecular weight is 304 g/mol. The highest BCUT2D eigenvalue weighted by Crippen LogP contribution is 2.31. The Hall–Kier alpha value is -2.33. The van der Waals surface area contributed by atoms with Crippen LogP contribution in [0.25, 0.3) is 11.0 Å². The van der Waals surface area contributed by atoms with Crippen molar-refractivity contribution in [2.24, 2.45) is 0 Å². The highest BCUT2D eigenvalue weighted by atomic mass is 35.5. The maximum atomic E-state index is 13.6. The number of carbonyl (C=O) groups is 1. The normalized spacial score (nSPS) is 10.8. The van der Waals surface area contributed by atoms with E-state index in [4.69, 9.17) is 16.0 Å². The molecule has 0 unspecified atom stereocenters. The number of fused-ring (bicyclic) bond motifs is 1. The van der Waals surface area contributed by atoms with Crippen LogP contribution in [0.5, 0.6) is 0 Å². The van der Waals surface area contributed by atoms with Gasteiger partial charge < -0.3 is 9.73 Å². The molecule has 0 saturated carbocycles. The summed E-state index contributed by atoms with van der Waals surface area (Å²) in [5, 5.41) is 3.69. The maximum Gasteiger partial charge on any atom is 0.291 e. The van der Waals surface area contributed by atoms with Gasteiger partial charge in [0.05, 0.1) is 10.7 Å². The van der Waals surface area contributed by atoms with Gasteiger partial charge in [-0.1, -0.05) is 35.9 Å². The number of furan rings is 1. The lowest BCUT2D eigenvalue weighted by Crippen LogP contribution is -2.13. The maximum absolute atomic E-state index is 13.6. The predicted octanol–water partition coefficient (Wildman–Crippen LogP) is 4.79. The van der Waals surface area contributed by atoms with Crippen LogP contribution < -0.4 is 5.32 Å². The van der Waals surface area contributed by atoms with Gasteiger partial charge in [0.1, 0.15) is 5.82 Å². The van der Waals surface area contributed by atoms with Gasteiger partial charge in [-0.15, -0.1) is 0 Å². The third-order valence-corrected chi connectivity index (χ3v) is 3.54. The van der Waals surface area contributed by atoms with E-state index in [1.54, 1.807) is 31.2 Å². The van der Waals surface area contributed by atoms with E-state index < -0.39 is 11.7 Å². The summed E-state index contributed by atoms with van der Waals surface area (Å²) in [6.45, 7) is 1.76. The van der Waals surface area contributed by atoms with Crippen LogP contribution in [-0.4, -0.2) is 5.91 Å². The second kappa shape index (κ2) is 5.22. The predicted molar refractivity (Wildman–Crippen MR) is 80.3 cm³/mol. The lowest BCUT2D eigenvalue weighted by atomic mass is 10.1. The van der Waals surface area contributed by atoms with Crippen molar-refractivity contribution in [1.29, 1.82) is 0 Å². The van der Waals surface area contributed by atoms with Crippen molar-refractivity contribution in [3.8, 4) is 0 Å². The fourth-order valence-corrected chi connectivity index (χ4v) is 2.38. The van der Waals surface area contributed by atoms with Crippen LogP contribution in [0.15, 0.2) is 46.9 Å². The first-order chi connectivity index (χ1) is 10.1. The molecule has 3 nitrogen and oxygen atoms in total. The van der Waals surface area contributed by atoms with Crippen LogP contribution in [0.3, 0.4) is 0 Å². The molecule has 5 heteroatoms. The molecule has 0 fully saturated rings. The molecule has 0 radical (unpaired) electrons. The molecule has 3 rings (SSSR count). The molecule has 106 valence electrons. The Kier molecular flexibility index (Phi) is 3.39. The zero-order valence-corrected chi connectivity index (χ0v) is 11.9. The molecule has 0 aliphatic carbocycles. The minimum Gasteiger partial charge on any atom is -0.449 e.